The van der Waals surface area contributed by atoms with E-state index in [9.17, 15) is 9.18 Å². The van der Waals surface area contributed by atoms with Crippen molar-refractivity contribution in [2.24, 2.45) is 0 Å². The van der Waals surface area contributed by atoms with Crippen molar-refractivity contribution in [3.63, 3.8) is 0 Å². The minimum atomic E-state index is -0.509. The molecule has 1 heterocycles. The molecule has 2 aromatic rings. The third kappa shape index (κ3) is 4.17. The summed E-state index contributed by atoms with van der Waals surface area (Å²) >= 11 is 11.8. The van der Waals surface area contributed by atoms with E-state index >= 15 is 0 Å². The first-order valence-corrected chi connectivity index (χ1v) is 8.72. The van der Waals surface area contributed by atoms with E-state index in [-0.39, 0.29) is 11.1 Å². The predicted molar refractivity (Wildman–Crippen MR) is 100 cm³/mol. The van der Waals surface area contributed by atoms with Gasteiger partial charge in [0.2, 0.25) is 0 Å². The van der Waals surface area contributed by atoms with E-state index in [0.717, 1.165) is 24.3 Å². The molecule has 4 nitrogen and oxygen atoms in total. The van der Waals surface area contributed by atoms with Crippen LogP contribution in [0.4, 0.5) is 20.6 Å². The smallest absolute Gasteiger partial charge is 0.321 e. The number of benzene rings is 2. The summed E-state index contributed by atoms with van der Waals surface area (Å²) in [4.78, 5) is 16.3. The average Bonchev–Trinajstić information content (AvgIpc) is 2.60. The molecule has 0 unspecified atom stereocenters. The number of anilines is 2. The molecule has 0 atom stereocenters. The van der Waals surface area contributed by atoms with Gasteiger partial charge in [-0.25, -0.2) is 9.18 Å². The molecular formula is C18H18Cl2FN3O. The summed E-state index contributed by atoms with van der Waals surface area (Å²) in [6.45, 7) is 4.67. The number of rotatable bonds is 2. The minimum Gasteiger partial charge on any atom is -0.368 e. The van der Waals surface area contributed by atoms with E-state index in [1.165, 1.54) is 18.2 Å². The summed E-state index contributed by atoms with van der Waals surface area (Å²) in [7, 11) is 0. The highest BCUT2D eigenvalue weighted by atomic mass is 35.5. The average molecular weight is 382 g/mol. The van der Waals surface area contributed by atoms with E-state index in [1.807, 2.05) is 25.1 Å². The van der Waals surface area contributed by atoms with Crippen LogP contribution in [0.1, 0.15) is 5.56 Å². The Balaban J connectivity index is 1.60. The topological polar surface area (TPSA) is 35.6 Å². The zero-order valence-corrected chi connectivity index (χ0v) is 15.2. The summed E-state index contributed by atoms with van der Waals surface area (Å²) in [5.74, 6) is -0.509. The molecule has 7 heteroatoms. The SMILES string of the molecule is Cc1ccc(Cl)cc1N1CCN(C(=O)Nc2ccc(F)c(Cl)c2)CC1. The van der Waals surface area contributed by atoms with Gasteiger partial charge in [-0.05, 0) is 42.8 Å². The Morgan fingerprint density at radius 1 is 1.08 bits per heavy atom. The summed E-state index contributed by atoms with van der Waals surface area (Å²) < 4.78 is 13.2. The molecule has 25 heavy (non-hydrogen) atoms. The van der Waals surface area contributed by atoms with Crippen LogP contribution in [0.25, 0.3) is 0 Å². The molecule has 1 fully saturated rings. The van der Waals surface area contributed by atoms with Crippen molar-refractivity contribution >= 4 is 40.6 Å². The number of aryl methyl sites for hydroxylation is 1. The van der Waals surface area contributed by atoms with Gasteiger partial charge in [-0.15, -0.1) is 0 Å². The number of carbonyl (C=O) groups is 1. The van der Waals surface area contributed by atoms with E-state index < -0.39 is 5.82 Å². The minimum absolute atomic E-state index is 0.0148. The molecule has 1 aliphatic heterocycles. The Hall–Kier alpha value is -1.98. The molecule has 2 amide bonds. The molecule has 1 N–H and O–H groups in total. The van der Waals surface area contributed by atoms with Gasteiger partial charge >= 0.3 is 6.03 Å². The van der Waals surface area contributed by atoms with Crippen molar-refractivity contribution in [3.05, 3.63) is 57.8 Å². The molecule has 0 aromatic heterocycles. The number of hydrogen-bond acceptors (Lipinski definition) is 2. The van der Waals surface area contributed by atoms with Crippen LogP contribution in [0, 0.1) is 12.7 Å². The molecule has 0 saturated carbocycles. The lowest BCUT2D eigenvalue weighted by atomic mass is 10.1. The van der Waals surface area contributed by atoms with Crippen LogP contribution in [0.2, 0.25) is 10.0 Å². The number of carbonyl (C=O) groups excluding carboxylic acids is 1. The molecule has 3 rings (SSSR count). The Kier molecular flexibility index (Phi) is 5.35. The van der Waals surface area contributed by atoms with Gasteiger partial charge in [0, 0.05) is 42.6 Å². The van der Waals surface area contributed by atoms with Crippen LogP contribution < -0.4 is 10.2 Å². The number of urea groups is 1. The molecule has 0 spiro atoms. The first kappa shape index (κ1) is 17.8. The van der Waals surface area contributed by atoms with Crippen molar-refractivity contribution in [3.8, 4) is 0 Å². The molecule has 2 aromatic carbocycles. The van der Waals surface area contributed by atoms with Crippen LogP contribution in [-0.2, 0) is 0 Å². The van der Waals surface area contributed by atoms with Crippen LogP contribution in [-0.4, -0.2) is 37.1 Å². The normalized spacial score (nSPS) is 14.6. The summed E-state index contributed by atoms with van der Waals surface area (Å²) in [5, 5.41) is 3.44. The van der Waals surface area contributed by atoms with Gasteiger partial charge in [-0.1, -0.05) is 29.3 Å². The van der Waals surface area contributed by atoms with Gasteiger partial charge in [-0.2, -0.15) is 0 Å². The van der Waals surface area contributed by atoms with Gasteiger partial charge in [-0.3, -0.25) is 0 Å². The Labute approximate surface area is 156 Å². The number of nitrogens with zero attached hydrogens (tertiary/aromatic N) is 2. The van der Waals surface area contributed by atoms with Crippen LogP contribution >= 0.6 is 23.2 Å². The van der Waals surface area contributed by atoms with E-state index in [4.69, 9.17) is 23.2 Å². The van der Waals surface area contributed by atoms with E-state index in [2.05, 4.69) is 10.2 Å². The second-order valence-electron chi connectivity index (χ2n) is 5.96. The quantitative estimate of drug-likeness (QED) is 0.810. The summed E-state index contributed by atoms with van der Waals surface area (Å²) in [5.41, 5.74) is 2.73. The van der Waals surface area contributed by atoms with Crippen LogP contribution in [0.3, 0.4) is 0 Å². The fourth-order valence-corrected chi connectivity index (χ4v) is 3.20. The maximum Gasteiger partial charge on any atom is 0.321 e. The van der Waals surface area contributed by atoms with Gasteiger partial charge in [0.1, 0.15) is 5.82 Å². The zero-order chi connectivity index (χ0) is 18.0. The Morgan fingerprint density at radius 3 is 2.48 bits per heavy atom. The highest BCUT2D eigenvalue weighted by molar-refractivity contribution is 6.31. The molecule has 0 bridgehead atoms. The van der Waals surface area contributed by atoms with Gasteiger partial charge in [0.05, 0.1) is 5.02 Å². The lowest BCUT2D eigenvalue weighted by Crippen LogP contribution is -2.50. The summed E-state index contributed by atoms with van der Waals surface area (Å²) in [6, 6.07) is 9.73. The van der Waals surface area contributed by atoms with Crippen LogP contribution in [0.5, 0.6) is 0 Å². The highest BCUT2D eigenvalue weighted by Crippen LogP contribution is 2.25. The number of hydrogen-bond donors (Lipinski definition) is 1. The number of piperazine rings is 1. The number of nitrogens with one attached hydrogen (secondary N) is 1. The van der Waals surface area contributed by atoms with E-state index in [0.29, 0.717) is 23.8 Å². The second-order valence-corrected chi connectivity index (χ2v) is 6.81. The van der Waals surface area contributed by atoms with Crippen molar-refractivity contribution in [1.82, 2.24) is 4.90 Å². The lowest BCUT2D eigenvalue weighted by Gasteiger charge is -2.36. The highest BCUT2D eigenvalue weighted by Gasteiger charge is 2.22. The standard InChI is InChI=1S/C18H18Cl2FN3O/c1-12-2-3-13(19)10-17(12)23-6-8-24(9-7-23)18(25)22-14-4-5-16(21)15(20)11-14/h2-5,10-11H,6-9H2,1H3,(H,22,25). The van der Waals surface area contributed by atoms with Gasteiger partial charge < -0.3 is 15.1 Å². The molecule has 0 aliphatic carbocycles. The first-order chi connectivity index (χ1) is 11.9. The second kappa shape index (κ2) is 7.50. The maximum absolute atomic E-state index is 13.2. The first-order valence-electron chi connectivity index (χ1n) is 7.96. The molecule has 0 radical (unpaired) electrons. The largest absolute Gasteiger partial charge is 0.368 e. The zero-order valence-electron chi connectivity index (χ0n) is 13.7. The molecular weight excluding hydrogens is 364 g/mol. The Morgan fingerprint density at radius 2 is 1.80 bits per heavy atom. The predicted octanol–water partition coefficient (Wildman–Crippen LogP) is 4.80. The third-order valence-electron chi connectivity index (χ3n) is 4.25. The monoisotopic (exact) mass is 381 g/mol. The van der Waals surface area contributed by atoms with E-state index in [1.54, 1.807) is 4.90 Å². The van der Waals surface area contributed by atoms with Crippen molar-refractivity contribution < 1.29 is 9.18 Å². The van der Waals surface area contributed by atoms with Crippen molar-refractivity contribution in [2.45, 2.75) is 6.92 Å². The number of halogens is 3. The Bertz CT molecular complexity index is 792. The number of amides is 2. The maximum atomic E-state index is 13.2. The van der Waals surface area contributed by atoms with Crippen molar-refractivity contribution in [2.75, 3.05) is 36.4 Å². The fraction of sp³-hybridized carbons (Fsp3) is 0.278. The van der Waals surface area contributed by atoms with Gasteiger partial charge in [0.15, 0.2) is 0 Å². The summed E-state index contributed by atoms with van der Waals surface area (Å²) in [6.07, 6.45) is 0. The molecule has 1 aliphatic rings. The van der Waals surface area contributed by atoms with Crippen LogP contribution in [0.15, 0.2) is 36.4 Å². The lowest BCUT2D eigenvalue weighted by molar-refractivity contribution is 0.208. The fourth-order valence-electron chi connectivity index (χ4n) is 2.85. The third-order valence-corrected chi connectivity index (χ3v) is 4.77. The van der Waals surface area contributed by atoms with Gasteiger partial charge in [0.25, 0.3) is 0 Å². The molecule has 132 valence electrons. The molecule has 1 saturated heterocycles. The van der Waals surface area contributed by atoms with Crippen molar-refractivity contribution in [1.29, 1.82) is 0 Å².